The highest BCUT2D eigenvalue weighted by Crippen LogP contribution is 2.23. The van der Waals surface area contributed by atoms with Crippen LogP contribution in [-0.4, -0.2) is 21.2 Å². The Bertz CT molecular complexity index is 300. The van der Waals surface area contributed by atoms with E-state index in [2.05, 4.69) is 4.98 Å². The standard InChI is InChI=1S/C7H9NO3S/c1-7(2,11)6-8-4(3-12-6)5(9)10/h3,11H,1-2H3,(H,9,10). The number of aromatic carboxylic acids is 1. The second kappa shape index (κ2) is 2.84. The van der Waals surface area contributed by atoms with E-state index in [0.29, 0.717) is 5.01 Å². The van der Waals surface area contributed by atoms with Gasteiger partial charge >= 0.3 is 5.97 Å². The van der Waals surface area contributed by atoms with E-state index in [9.17, 15) is 9.90 Å². The minimum absolute atomic E-state index is 0.0166. The average molecular weight is 187 g/mol. The summed E-state index contributed by atoms with van der Waals surface area (Å²) in [5.74, 6) is -1.07. The number of carbonyl (C=O) groups is 1. The highest BCUT2D eigenvalue weighted by atomic mass is 32.1. The van der Waals surface area contributed by atoms with E-state index in [-0.39, 0.29) is 5.69 Å². The molecule has 1 aromatic rings. The van der Waals surface area contributed by atoms with E-state index in [1.165, 1.54) is 5.38 Å². The molecule has 0 aromatic carbocycles. The summed E-state index contributed by atoms with van der Waals surface area (Å²) < 4.78 is 0. The third-order valence-electron chi connectivity index (χ3n) is 1.25. The zero-order chi connectivity index (χ0) is 9.35. The minimum atomic E-state index is -1.07. The van der Waals surface area contributed by atoms with Gasteiger partial charge in [-0.05, 0) is 13.8 Å². The van der Waals surface area contributed by atoms with Crippen LogP contribution in [0.25, 0.3) is 0 Å². The molecule has 5 heteroatoms. The first-order valence-corrected chi connectivity index (χ1v) is 4.21. The molecule has 1 heterocycles. The molecule has 66 valence electrons. The molecule has 0 aliphatic rings. The molecule has 1 rings (SSSR count). The number of carboxylic acid groups (broad SMARTS) is 1. The lowest BCUT2D eigenvalue weighted by Crippen LogP contribution is -2.15. The maximum Gasteiger partial charge on any atom is 0.355 e. The SMILES string of the molecule is CC(C)(O)c1nc(C(=O)O)cs1. The van der Waals surface area contributed by atoms with Crippen LogP contribution < -0.4 is 0 Å². The van der Waals surface area contributed by atoms with Gasteiger partial charge in [0, 0.05) is 5.38 Å². The summed E-state index contributed by atoms with van der Waals surface area (Å²) in [6.45, 7) is 3.13. The van der Waals surface area contributed by atoms with Gasteiger partial charge in [-0.1, -0.05) is 0 Å². The number of nitrogens with zero attached hydrogens (tertiary/aromatic N) is 1. The van der Waals surface area contributed by atoms with Crippen molar-refractivity contribution in [1.82, 2.24) is 4.98 Å². The Morgan fingerprint density at radius 2 is 2.25 bits per heavy atom. The fourth-order valence-corrected chi connectivity index (χ4v) is 1.47. The van der Waals surface area contributed by atoms with Gasteiger partial charge in [0.05, 0.1) is 0 Å². The van der Waals surface area contributed by atoms with E-state index in [0.717, 1.165) is 11.3 Å². The second-order valence-corrected chi connectivity index (χ2v) is 3.76. The lowest BCUT2D eigenvalue weighted by atomic mass is 10.2. The van der Waals surface area contributed by atoms with Gasteiger partial charge in [0.2, 0.25) is 0 Å². The Balaban J connectivity index is 3.00. The number of hydrogen-bond acceptors (Lipinski definition) is 4. The lowest BCUT2D eigenvalue weighted by molar-refractivity contribution is 0.0683. The van der Waals surface area contributed by atoms with Gasteiger partial charge in [0.1, 0.15) is 10.6 Å². The van der Waals surface area contributed by atoms with Gasteiger partial charge < -0.3 is 10.2 Å². The fraction of sp³-hybridized carbons (Fsp3) is 0.429. The molecule has 0 aliphatic carbocycles. The molecule has 2 N–H and O–H groups in total. The zero-order valence-corrected chi connectivity index (χ0v) is 7.55. The first-order chi connectivity index (χ1) is 5.41. The van der Waals surface area contributed by atoms with Crippen LogP contribution in [0.2, 0.25) is 0 Å². The summed E-state index contributed by atoms with van der Waals surface area (Å²) in [4.78, 5) is 14.2. The van der Waals surface area contributed by atoms with Crippen LogP contribution >= 0.6 is 11.3 Å². The van der Waals surface area contributed by atoms with Crippen LogP contribution in [0.3, 0.4) is 0 Å². The minimum Gasteiger partial charge on any atom is -0.476 e. The van der Waals surface area contributed by atoms with E-state index < -0.39 is 11.6 Å². The molecule has 0 atom stereocenters. The number of aromatic nitrogens is 1. The van der Waals surface area contributed by atoms with Crippen molar-refractivity contribution in [3.63, 3.8) is 0 Å². The molecule has 0 radical (unpaired) electrons. The molecule has 0 spiro atoms. The van der Waals surface area contributed by atoms with E-state index in [1.54, 1.807) is 13.8 Å². The Morgan fingerprint density at radius 1 is 1.67 bits per heavy atom. The average Bonchev–Trinajstić information content (AvgIpc) is 2.30. The molecule has 0 saturated heterocycles. The Labute approximate surface area is 73.5 Å². The van der Waals surface area contributed by atoms with E-state index in [4.69, 9.17) is 5.11 Å². The number of aliphatic hydroxyl groups is 1. The third kappa shape index (κ3) is 1.80. The summed E-state index contributed by atoms with van der Waals surface area (Å²) in [6, 6.07) is 0. The number of thiazole rings is 1. The molecule has 0 aliphatic heterocycles. The Morgan fingerprint density at radius 3 is 2.50 bits per heavy atom. The van der Waals surface area contributed by atoms with Crippen molar-refractivity contribution < 1.29 is 15.0 Å². The van der Waals surface area contributed by atoms with Crippen LogP contribution in [0, 0.1) is 0 Å². The van der Waals surface area contributed by atoms with Crippen molar-refractivity contribution in [1.29, 1.82) is 0 Å². The molecule has 0 fully saturated rings. The first kappa shape index (κ1) is 9.15. The molecule has 0 bridgehead atoms. The highest BCUT2D eigenvalue weighted by Gasteiger charge is 2.21. The molecular formula is C7H9NO3S. The van der Waals surface area contributed by atoms with Gasteiger partial charge in [-0.3, -0.25) is 0 Å². The molecular weight excluding hydrogens is 178 g/mol. The molecule has 1 aromatic heterocycles. The predicted octanol–water partition coefficient (Wildman–Crippen LogP) is 1.07. The smallest absolute Gasteiger partial charge is 0.355 e. The Kier molecular flexibility index (Phi) is 2.16. The van der Waals surface area contributed by atoms with E-state index >= 15 is 0 Å². The van der Waals surface area contributed by atoms with Crippen LogP contribution in [0.1, 0.15) is 29.3 Å². The van der Waals surface area contributed by atoms with E-state index in [1.807, 2.05) is 0 Å². The summed E-state index contributed by atoms with van der Waals surface area (Å²) in [6.07, 6.45) is 0. The summed E-state index contributed by atoms with van der Waals surface area (Å²) in [5, 5.41) is 19.8. The van der Waals surface area contributed by atoms with Crippen molar-refractivity contribution in [3.8, 4) is 0 Å². The van der Waals surface area contributed by atoms with Crippen LogP contribution in [0.4, 0.5) is 0 Å². The summed E-state index contributed by atoms with van der Waals surface area (Å²) >= 11 is 1.14. The van der Waals surface area contributed by atoms with Crippen molar-refractivity contribution in [2.45, 2.75) is 19.4 Å². The quantitative estimate of drug-likeness (QED) is 0.726. The molecule has 4 nitrogen and oxygen atoms in total. The topological polar surface area (TPSA) is 70.4 Å². The fourth-order valence-electron chi connectivity index (χ4n) is 0.653. The second-order valence-electron chi connectivity index (χ2n) is 2.90. The summed E-state index contributed by atoms with van der Waals surface area (Å²) in [7, 11) is 0. The first-order valence-electron chi connectivity index (χ1n) is 3.33. The predicted molar refractivity (Wildman–Crippen MR) is 44.3 cm³/mol. The Hall–Kier alpha value is -0.940. The van der Waals surface area contributed by atoms with Crippen LogP contribution in [0.5, 0.6) is 0 Å². The van der Waals surface area contributed by atoms with Crippen LogP contribution in [-0.2, 0) is 5.60 Å². The lowest BCUT2D eigenvalue weighted by Gasteiger charge is -2.11. The highest BCUT2D eigenvalue weighted by molar-refractivity contribution is 7.10. The monoisotopic (exact) mass is 187 g/mol. The maximum absolute atomic E-state index is 10.4. The normalized spacial score (nSPS) is 11.6. The molecule has 0 amide bonds. The summed E-state index contributed by atoms with van der Waals surface area (Å²) in [5.41, 5.74) is -1.07. The third-order valence-corrected chi connectivity index (χ3v) is 2.40. The van der Waals surface area contributed by atoms with Crippen molar-refractivity contribution in [2.24, 2.45) is 0 Å². The number of hydrogen-bond donors (Lipinski definition) is 2. The number of rotatable bonds is 2. The van der Waals surface area contributed by atoms with Crippen LogP contribution in [0.15, 0.2) is 5.38 Å². The zero-order valence-electron chi connectivity index (χ0n) is 6.74. The molecule has 0 saturated carbocycles. The van der Waals surface area contributed by atoms with Gasteiger partial charge in [-0.2, -0.15) is 0 Å². The van der Waals surface area contributed by atoms with Crippen molar-refractivity contribution in [3.05, 3.63) is 16.1 Å². The van der Waals surface area contributed by atoms with Gasteiger partial charge in [-0.15, -0.1) is 11.3 Å². The van der Waals surface area contributed by atoms with Crippen molar-refractivity contribution in [2.75, 3.05) is 0 Å². The molecule has 12 heavy (non-hydrogen) atoms. The number of carboxylic acids is 1. The van der Waals surface area contributed by atoms with Gasteiger partial charge in [0.25, 0.3) is 0 Å². The van der Waals surface area contributed by atoms with Gasteiger partial charge in [-0.25, -0.2) is 9.78 Å². The largest absolute Gasteiger partial charge is 0.476 e. The van der Waals surface area contributed by atoms with Crippen molar-refractivity contribution >= 4 is 17.3 Å². The maximum atomic E-state index is 10.4. The van der Waals surface area contributed by atoms with Gasteiger partial charge in [0.15, 0.2) is 5.69 Å². The molecule has 0 unspecified atom stereocenters.